The van der Waals surface area contributed by atoms with E-state index in [1.54, 1.807) is 12.3 Å². The average molecular weight is 281 g/mol. The molecule has 0 radical (unpaired) electrons. The van der Waals surface area contributed by atoms with Crippen LogP contribution >= 0.6 is 0 Å². The van der Waals surface area contributed by atoms with E-state index in [1.165, 1.54) is 0 Å². The molecule has 0 fully saturated rings. The molecule has 0 saturated heterocycles. The molecule has 1 aliphatic heterocycles. The Kier molecular flexibility index (Phi) is 3.88. The van der Waals surface area contributed by atoms with Crippen molar-refractivity contribution in [3.8, 4) is 17.6 Å². The van der Waals surface area contributed by atoms with Gasteiger partial charge >= 0.3 is 0 Å². The van der Waals surface area contributed by atoms with Crippen molar-refractivity contribution in [2.24, 2.45) is 0 Å². The Hall–Kier alpha value is -2.74. The first-order chi connectivity index (χ1) is 10.3. The molecule has 1 aromatic heterocycles. The van der Waals surface area contributed by atoms with Gasteiger partial charge in [-0.25, -0.2) is 4.98 Å². The fourth-order valence-corrected chi connectivity index (χ4v) is 2.12. The molecule has 0 aliphatic carbocycles. The summed E-state index contributed by atoms with van der Waals surface area (Å²) in [5, 5.41) is 12.2. The second kappa shape index (κ2) is 6.14. The van der Waals surface area contributed by atoms with Crippen LogP contribution in [-0.2, 0) is 6.54 Å². The van der Waals surface area contributed by atoms with Crippen LogP contribution in [0.2, 0.25) is 0 Å². The number of nitrogens with zero attached hydrogens (tertiary/aromatic N) is 2. The van der Waals surface area contributed by atoms with Crippen molar-refractivity contribution in [2.75, 3.05) is 18.5 Å². The SMILES string of the molecule is N#Cc1cc(CNc2ccc3c(c2)OCCCO3)ccn1. The van der Waals surface area contributed by atoms with Crippen LogP contribution in [0.25, 0.3) is 0 Å². The summed E-state index contributed by atoms with van der Waals surface area (Å²) in [5.41, 5.74) is 2.39. The van der Waals surface area contributed by atoms with Crippen LogP contribution in [0.1, 0.15) is 17.7 Å². The molecule has 1 aliphatic rings. The van der Waals surface area contributed by atoms with Gasteiger partial charge in [0.05, 0.1) is 13.2 Å². The summed E-state index contributed by atoms with van der Waals surface area (Å²) in [6, 6.07) is 11.5. The molecule has 5 nitrogen and oxygen atoms in total. The van der Waals surface area contributed by atoms with Crippen LogP contribution in [0.4, 0.5) is 5.69 Å². The van der Waals surface area contributed by atoms with Crippen LogP contribution in [0, 0.1) is 11.3 Å². The lowest BCUT2D eigenvalue weighted by molar-refractivity contribution is 0.297. The molecule has 1 N–H and O–H groups in total. The number of fused-ring (bicyclic) bond motifs is 1. The second-order valence-corrected chi connectivity index (χ2v) is 4.73. The average Bonchev–Trinajstić information content (AvgIpc) is 2.78. The minimum atomic E-state index is 0.424. The van der Waals surface area contributed by atoms with E-state index in [0.29, 0.717) is 25.5 Å². The fourth-order valence-electron chi connectivity index (χ4n) is 2.12. The summed E-state index contributed by atoms with van der Waals surface area (Å²) in [6.07, 6.45) is 2.54. The Morgan fingerprint density at radius 2 is 2.00 bits per heavy atom. The Balaban J connectivity index is 1.70. The van der Waals surface area contributed by atoms with Crippen molar-refractivity contribution in [1.29, 1.82) is 5.26 Å². The summed E-state index contributed by atoms with van der Waals surface area (Å²) in [7, 11) is 0. The summed E-state index contributed by atoms with van der Waals surface area (Å²) >= 11 is 0. The first-order valence-corrected chi connectivity index (χ1v) is 6.84. The number of nitrogens with one attached hydrogen (secondary N) is 1. The quantitative estimate of drug-likeness (QED) is 0.937. The molecule has 3 rings (SSSR count). The van der Waals surface area contributed by atoms with E-state index < -0.39 is 0 Å². The van der Waals surface area contributed by atoms with Crippen molar-refractivity contribution in [1.82, 2.24) is 4.98 Å². The van der Waals surface area contributed by atoms with E-state index in [1.807, 2.05) is 30.3 Å². The van der Waals surface area contributed by atoms with Crippen LogP contribution in [0.3, 0.4) is 0 Å². The number of ether oxygens (including phenoxy) is 2. The standard InChI is InChI=1S/C16H15N3O2/c17-10-14-8-12(4-5-18-14)11-19-13-2-3-15-16(9-13)21-7-1-6-20-15/h2-5,8-9,19H,1,6-7,11H2. The molecule has 2 heterocycles. The first-order valence-electron chi connectivity index (χ1n) is 6.84. The third-order valence-corrected chi connectivity index (χ3v) is 3.18. The number of rotatable bonds is 3. The van der Waals surface area contributed by atoms with Gasteiger partial charge in [-0.3, -0.25) is 0 Å². The molecule has 21 heavy (non-hydrogen) atoms. The molecule has 0 saturated carbocycles. The minimum Gasteiger partial charge on any atom is -0.490 e. The van der Waals surface area contributed by atoms with Gasteiger partial charge in [-0.15, -0.1) is 0 Å². The second-order valence-electron chi connectivity index (χ2n) is 4.73. The van der Waals surface area contributed by atoms with Crippen molar-refractivity contribution < 1.29 is 9.47 Å². The van der Waals surface area contributed by atoms with Crippen molar-refractivity contribution in [3.05, 3.63) is 47.8 Å². The highest BCUT2D eigenvalue weighted by atomic mass is 16.5. The van der Waals surface area contributed by atoms with E-state index in [0.717, 1.165) is 29.2 Å². The van der Waals surface area contributed by atoms with Gasteiger partial charge in [0.25, 0.3) is 0 Å². The Morgan fingerprint density at radius 3 is 2.86 bits per heavy atom. The molecule has 5 heteroatoms. The van der Waals surface area contributed by atoms with Crippen molar-refractivity contribution in [3.63, 3.8) is 0 Å². The molecule has 2 aromatic rings. The predicted molar refractivity (Wildman–Crippen MR) is 78.3 cm³/mol. The summed E-state index contributed by atoms with van der Waals surface area (Å²) in [6.45, 7) is 1.98. The van der Waals surface area contributed by atoms with Gasteiger partial charge in [0.1, 0.15) is 11.8 Å². The van der Waals surface area contributed by atoms with Gasteiger partial charge in [-0.2, -0.15) is 5.26 Å². The summed E-state index contributed by atoms with van der Waals surface area (Å²) in [4.78, 5) is 3.96. The lowest BCUT2D eigenvalue weighted by atomic mass is 10.2. The van der Waals surface area contributed by atoms with Crippen LogP contribution in [0.15, 0.2) is 36.5 Å². The number of benzene rings is 1. The summed E-state index contributed by atoms with van der Waals surface area (Å²) < 4.78 is 11.3. The fraction of sp³-hybridized carbons (Fsp3) is 0.250. The molecule has 1 aromatic carbocycles. The van der Waals surface area contributed by atoms with E-state index in [2.05, 4.69) is 10.3 Å². The van der Waals surface area contributed by atoms with Crippen molar-refractivity contribution >= 4 is 5.69 Å². The van der Waals surface area contributed by atoms with Gasteiger partial charge < -0.3 is 14.8 Å². The number of hydrogen-bond acceptors (Lipinski definition) is 5. The lowest BCUT2D eigenvalue weighted by Gasteiger charge is -2.11. The predicted octanol–water partition coefficient (Wildman–Crippen LogP) is 2.73. The maximum Gasteiger partial charge on any atom is 0.163 e. The van der Waals surface area contributed by atoms with Gasteiger partial charge in [0, 0.05) is 30.9 Å². The minimum absolute atomic E-state index is 0.424. The Labute approximate surface area is 123 Å². The highest BCUT2D eigenvalue weighted by Gasteiger charge is 2.10. The zero-order chi connectivity index (χ0) is 14.5. The Morgan fingerprint density at radius 1 is 1.14 bits per heavy atom. The third kappa shape index (κ3) is 3.23. The molecule has 0 bridgehead atoms. The number of hydrogen-bond donors (Lipinski definition) is 1. The molecule has 106 valence electrons. The molecular formula is C16H15N3O2. The molecule has 0 amide bonds. The topological polar surface area (TPSA) is 67.2 Å². The van der Waals surface area contributed by atoms with Crippen LogP contribution in [0.5, 0.6) is 11.5 Å². The van der Waals surface area contributed by atoms with E-state index >= 15 is 0 Å². The lowest BCUT2D eigenvalue weighted by Crippen LogP contribution is -2.01. The van der Waals surface area contributed by atoms with Gasteiger partial charge in [-0.05, 0) is 29.8 Å². The third-order valence-electron chi connectivity index (χ3n) is 3.18. The zero-order valence-corrected chi connectivity index (χ0v) is 11.5. The highest BCUT2D eigenvalue weighted by molar-refractivity contribution is 5.55. The Bertz CT molecular complexity index is 679. The molecular weight excluding hydrogens is 266 g/mol. The molecule has 0 spiro atoms. The maximum absolute atomic E-state index is 8.84. The van der Waals surface area contributed by atoms with E-state index in [-0.39, 0.29) is 0 Å². The zero-order valence-electron chi connectivity index (χ0n) is 11.5. The normalized spacial score (nSPS) is 13.1. The van der Waals surface area contributed by atoms with Gasteiger partial charge in [0.2, 0.25) is 0 Å². The monoisotopic (exact) mass is 281 g/mol. The van der Waals surface area contributed by atoms with Crippen LogP contribution < -0.4 is 14.8 Å². The largest absolute Gasteiger partial charge is 0.490 e. The number of aromatic nitrogens is 1. The summed E-state index contributed by atoms with van der Waals surface area (Å²) in [5.74, 6) is 1.55. The van der Waals surface area contributed by atoms with Crippen LogP contribution in [-0.4, -0.2) is 18.2 Å². The molecule has 0 unspecified atom stereocenters. The number of nitriles is 1. The first kappa shape index (κ1) is 13.3. The van der Waals surface area contributed by atoms with E-state index in [4.69, 9.17) is 14.7 Å². The smallest absolute Gasteiger partial charge is 0.163 e. The number of pyridine rings is 1. The number of anilines is 1. The highest BCUT2D eigenvalue weighted by Crippen LogP contribution is 2.32. The van der Waals surface area contributed by atoms with Crippen molar-refractivity contribution in [2.45, 2.75) is 13.0 Å². The van der Waals surface area contributed by atoms with E-state index in [9.17, 15) is 0 Å². The van der Waals surface area contributed by atoms with Gasteiger partial charge in [-0.1, -0.05) is 0 Å². The van der Waals surface area contributed by atoms with Gasteiger partial charge in [0.15, 0.2) is 11.5 Å². The molecule has 0 atom stereocenters. The maximum atomic E-state index is 8.84.